The van der Waals surface area contributed by atoms with Crippen LogP contribution in [0.25, 0.3) is 0 Å². The predicted molar refractivity (Wildman–Crippen MR) is 126 cm³/mol. The molecule has 1 amide bonds. The fraction of sp³-hybridized carbons (Fsp3) is 0.600. The lowest BCUT2D eigenvalue weighted by Gasteiger charge is -2.41. The summed E-state index contributed by atoms with van der Waals surface area (Å²) >= 11 is 0. The van der Waals surface area contributed by atoms with E-state index in [1.54, 1.807) is 14.2 Å². The van der Waals surface area contributed by atoms with Crippen LogP contribution < -0.4 is 9.47 Å². The molecule has 0 N–H and O–H groups in total. The maximum absolute atomic E-state index is 13.7. The molecule has 0 saturated carbocycles. The highest BCUT2D eigenvalue weighted by Crippen LogP contribution is 2.31. The second-order valence-electron chi connectivity index (χ2n) is 9.00. The Kier molecular flexibility index (Phi) is 7.88. The zero-order valence-corrected chi connectivity index (χ0v) is 20.0. The zero-order valence-electron chi connectivity index (χ0n) is 20.0. The molecule has 1 saturated heterocycles. The third-order valence-corrected chi connectivity index (χ3v) is 6.73. The Balaban J connectivity index is 1.60. The van der Waals surface area contributed by atoms with Crippen LogP contribution in [0.4, 0.5) is 0 Å². The van der Waals surface area contributed by atoms with Gasteiger partial charge in [0, 0.05) is 46.1 Å². The van der Waals surface area contributed by atoms with Crippen molar-refractivity contribution in [3.63, 3.8) is 0 Å². The maximum atomic E-state index is 13.7. The van der Waals surface area contributed by atoms with Gasteiger partial charge in [-0.2, -0.15) is 0 Å². The maximum Gasteiger partial charge on any atom is 0.257 e. The predicted octanol–water partition coefficient (Wildman–Crippen LogP) is 3.11. The molecule has 0 unspecified atom stereocenters. The van der Waals surface area contributed by atoms with Crippen LogP contribution in [0.15, 0.2) is 30.7 Å². The van der Waals surface area contributed by atoms with Gasteiger partial charge in [-0.25, -0.2) is 4.98 Å². The summed E-state index contributed by atoms with van der Waals surface area (Å²) in [5.74, 6) is 1.28. The summed E-state index contributed by atoms with van der Waals surface area (Å²) < 4.78 is 19.4. The fourth-order valence-electron chi connectivity index (χ4n) is 4.99. The average molecular weight is 457 g/mol. The Morgan fingerprint density at radius 1 is 1.12 bits per heavy atom. The number of nitrogens with zero attached hydrogens (tertiary/aromatic N) is 4. The number of aromatic nitrogens is 2. The molecule has 0 bridgehead atoms. The minimum Gasteiger partial charge on any atom is -0.497 e. The number of aryl methyl sites for hydroxylation is 1. The summed E-state index contributed by atoms with van der Waals surface area (Å²) in [5.41, 5.74) is 1.64. The zero-order chi connectivity index (χ0) is 23.2. The Labute approximate surface area is 196 Å². The topological polar surface area (TPSA) is 69.1 Å². The number of hydrogen-bond donors (Lipinski definition) is 0. The lowest BCUT2D eigenvalue weighted by molar-refractivity contribution is -0.0155. The highest BCUT2D eigenvalue weighted by atomic mass is 16.5. The van der Waals surface area contributed by atoms with Crippen LogP contribution in [0.5, 0.6) is 11.5 Å². The van der Waals surface area contributed by atoms with E-state index in [1.165, 1.54) is 0 Å². The van der Waals surface area contributed by atoms with Gasteiger partial charge in [0.25, 0.3) is 5.91 Å². The molecule has 3 heterocycles. The summed E-state index contributed by atoms with van der Waals surface area (Å²) in [6, 6.07) is 5.56. The van der Waals surface area contributed by atoms with Gasteiger partial charge in [-0.1, -0.05) is 6.42 Å². The summed E-state index contributed by atoms with van der Waals surface area (Å²) in [6.45, 7) is 3.74. The Bertz CT molecular complexity index is 931. The second-order valence-corrected chi connectivity index (χ2v) is 9.00. The number of carbonyl (C=O) groups is 1. The number of hydrogen-bond acceptors (Lipinski definition) is 6. The van der Waals surface area contributed by atoms with Gasteiger partial charge in [-0.3, -0.25) is 9.69 Å². The molecule has 1 aromatic heterocycles. The van der Waals surface area contributed by atoms with Crippen LogP contribution >= 0.6 is 0 Å². The third kappa shape index (κ3) is 5.68. The largest absolute Gasteiger partial charge is 0.497 e. The van der Waals surface area contributed by atoms with Gasteiger partial charge in [0.2, 0.25) is 0 Å². The van der Waals surface area contributed by atoms with Crippen molar-refractivity contribution in [2.24, 2.45) is 7.05 Å². The van der Waals surface area contributed by atoms with E-state index >= 15 is 0 Å². The first-order chi connectivity index (χ1) is 16.1. The van der Waals surface area contributed by atoms with Gasteiger partial charge in [0.1, 0.15) is 18.1 Å². The number of amides is 1. The van der Waals surface area contributed by atoms with E-state index in [0.29, 0.717) is 23.7 Å². The minimum absolute atomic E-state index is 0.0176. The molecule has 2 aromatic rings. The second kappa shape index (κ2) is 11.0. The highest BCUT2D eigenvalue weighted by Gasteiger charge is 2.35. The van der Waals surface area contributed by atoms with Crippen molar-refractivity contribution in [2.75, 3.05) is 40.5 Å². The van der Waals surface area contributed by atoms with Crippen LogP contribution in [-0.2, 0) is 18.3 Å². The van der Waals surface area contributed by atoms with E-state index in [2.05, 4.69) is 16.1 Å². The molecule has 2 aliphatic heterocycles. The van der Waals surface area contributed by atoms with Gasteiger partial charge in [-0.05, 0) is 44.4 Å². The number of fused-ring (bicyclic) bond motifs is 2. The van der Waals surface area contributed by atoms with Crippen LogP contribution in [0, 0.1) is 0 Å². The van der Waals surface area contributed by atoms with Gasteiger partial charge >= 0.3 is 0 Å². The van der Waals surface area contributed by atoms with E-state index in [0.717, 1.165) is 64.0 Å². The van der Waals surface area contributed by atoms with Gasteiger partial charge in [0.15, 0.2) is 0 Å². The molecule has 180 valence electrons. The van der Waals surface area contributed by atoms with Crippen molar-refractivity contribution >= 4 is 5.91 Å². The van der Waals surface area contributed by atoms with Gasteiger partial charge in [-0.15, -0.1) is 0 Å². The van der Waals surface area contributed by atoms with Crippen molar-refractivity contribution in [2.45, 2.75) is 50.8 Å². The normalized spacial score (nSPS) is 22.9. The molecule has 1 aromatic carbocycles. The number of methoxy groups -OCH3 is 2. The molecule has 8 nitrogen and oxygen atoms in total. The molecule has 0 radical (unpaired) electrons. The fourth-order valence-corrected chi connectivity index (χ4v) is 4.99. The van der Waals surface area contributed by atoms with Crippen LogP contribution in [-0.4, -0.2) is 77.9 Å². The lowest BCUT2D eigenvalue weighted by atomic mass is 9.93. The van der Waals surface area contributed by atoms with Crippen LogP contribution in [0.2, 0.25) is 0 Å². The molecular weight excluding hydrogens is 420 g/mol. The van der Waals surface area contributed by atoms with Gasteiger partial charge in [0.05, 0.1) is 36.8 Å². The van der Waals surface area contributed by atoms with Crippen molar-refractivity contribution in [3.8, 4) is 11.5 Å². The van der Waals surface area contributed by atoms with Crippen molar-refractivity contribution in [1.29, 1.82) is 0 Å². The molecule has 0 aliphatic carbocycles. The smallest absolute Gasteiger partial charge is 0.257 e. The lowest BCUT2D eigenvalue weighted by Crippen LogP contribution is -2.51. The van der Waals surface area contributed by atoms with E-state index in [9.17, 15) is 4.79 Å². The highest BCUT2D eigenvalue weighted by molar-refractivity contribution is 5.97. The summed E-state index contributed by atoms with van der Waals surface area (Å²) in [6.07, 6.45) is 8.95. The van der Waals surface area contributed by atoms with Crippen LogP contribution in [0.3, 0.4) is 0 Å². The minimum atomic E-state index is 0.0176. The molecule has 0 spiro atoms. The number of piperidine rings is 1. The first-order valence-corrected chi connectivity index (χ1v) is 11.9. The Morgan fingerprint density at radius 3 is 2.76 bits per heavy atom. The summed E-state index contributed by atoms with van der Waals surface area (Å²) in [7, 11) is 5.38. The molecule has 33 heavy (non-hydrogen) atoms. The molecular formula is C25H36N4O4. The number of benzene rings is 1. The number of rotatable bonds is 4. The molecule has 2 aliphatic rings. The molecule has 4 rings (SSSR count). The molecule has 1 fully saturated rings. The number of carbonyl (C=O) groups excluding carboxylic acids is 1. The first-order valence-electron chi connectivity index (χ1n) is 11.9. The quantitative estimate of drug-likeness (QED) is 0.704. The van der Waals surface area contributed by atoms with Crippen molar-refractivity contribution < 1.29 is 19.0 Å². The van der Waals surface area contributed by atoms with Crippen LogP contribution in [0.1, 0.15) is 48.2 Å². The SMILES string of the molecule is COc1ccc2c(c1)OCCN(Cc1cn(C)cn1)CCCC[C@@H]1[C@H](OC)CCCN1C2=O. The van der Waals surface area contributed by atoms with Crippen molar-refractivity contribution in [1.82, 2.24) is 19.4 Å². The van der Waals surface area contributed by atoms with Crippen molar-refractivity contribution in [3.05, 3.63) is 42.0 Å². The molecule has 2 atom stereocenters. The average Bonchev–Trinajstić information content (AvgIpc) is 3.25. The van der Waals surface area contributed by atoms with E-state index in [-0.39, 0.29) is 18.1 Å². The van der Waals surface area contributed by atoms with Gasteiger partial charge < -0.3 is 23.7 Å². The summed E-state index contributed by atoms with van der Waals surface area (Å²) in [4.78, 5) is 22.6. The summed E-state index contributed by atoms with van der Waals surface area (Å²) in [5, 5.41) is 0. The van der Waals surface area contributed by atoms with E-state index in [4.69, 9.17) is 14.2 Å². The Morgan fingerprint density at radius 2 is 2.00 bits per heavy atom. The van der Waals surface area contributed by atoms with E-state index in [1.807, 2.05) is 41.0 Å². The number of imidazole rings is 1. The third-order valence-electron chi connectivity index (χ3n) is 6.73. The van der Waals surface area contributed by atoms with E-state index < -0.39 is 0 Å². The number of ether oxygens (including phenoxy) is 3. The molecule has 8 heteroatoms. The first kappa shape index (κ1) is 23.6. The standard InChI is InChI=1S/C25H36N4O4/c1-27-16-19(26-18-27)17-28-11-5-4-7-22-23(32-3)8-6-12-29(22)25(30)21-10-9-20(31-2)15-24(21)33-14-13-28/h9-10,15-16,18,22-23H,4-8,11-14,17H2,1-3H3/t22-,23-/m1/s1. The monoisotopic (exact) mass is 456 g/mol. The Hall–Kier alpha value is -2.58.